The number of hydrogen-bond donors (Lipinski definition) is 1. The molecule has 1 fully saturated rings. The Morgan fingerprint density at radius 2 is 1.95 bits per heavy atom. The van der Waals surface area contributed by atoms with Gasteiger partial charge in [-0.25, -0.2) is 4.39 Å². The van der Waals surface area contributed by atoms with Crippen molar-refractivity contribution in [3.05, 3.63) is 69.9 Å². The van der Waals surface area contributed by atoms with Crippen LogP contribution in [-0.4, -0.2) is 6.04 Å². The van der Waals surface area contributed by atoms with Crippen LogP contribution >= 0.6 is 15.9 Å². The van der Waals surface area contributed by atoms with E-state index in [9.17, 15) is 4.39 Å². The summed E-state index contributed by atoms with van der Waals surface area (Å²) < 4.78 is 14.5. The minimum Gasteiger partial charge on any atom is -0.309 e. The standard InChI is InChI=1S/C16H15BrFN/c17-13-7-6-12(15(18)8-13)10-19-16-9-14(16)11-4-2-1-3-5-11/h1-8,14,16,19H,9-10H2. The predicted molar refractivity (Wildman–Crippen MR) is 78.5 cm³/mol. The third-order valence-corrected chi connectivity index (χ3v) is 4.08. The quantitative estimate of drug-likeness (QED) is 0.889. The van der Waals surface area contributed by atoms with Crippen LogP contribution in [0.25, 0.3) is 0 Å². The molecule has 1 saturated carbocycles. The normalized spacial score (nSPS) is 21.4. The Hall–Kier alpha value is -1.19. The maximum Gasteiger partial charge on any atom is 0.128 e. The fraction of sp³-hybridized carbons (Fsp3) is 0.250. The van der Waals surface area contributed by atoms with Gasteiger partial charge in [-0.2, -0.15) is 0 Å². The van der Waals surface area contributed by atoms with E-state index in [0.29, 0.717) is 18.5 Å². The zero-order valence-corrected chi connectivity index (χ0v) is 12.0. The summed E-state index contributed by atoms with van der Waals surface area (Å²) in [6.45, 7) is 0.590. The van der Waals surface area contributed by atoms with Gasteiger partial charge in [0, 0.05) is 28.5 Å². The van der Waals surface area contributed by atoms with Gasteiger partial charge in [-0.15, -0.1) is 0 Å². The number of hydrogen-bond acceptors (Lipinski definition) is 1. The van der Waals surface area contributed by atoms with Crippen LogP contribution in [0.1, 0.15) is 23.5 Å². The number of halogens is 2. The summed E-state index contributed by atoms with van der Waals surface area (Å²) in [5.41, 5.74) is 2.10. The summed E-state index contributed by atoms with van der Waals surface area (Å²) in [5.74, 6) is 0.429. The zero-order chi connectivity index (χ0) is 13.2. The van der Waals surface area contributed by atoms with Gasteiger partial charge >= 0.3 is 0 Å². The molecule has 1 nitrogen and oxygen atoms in total. The molecule has 2 atom stereocenters. The second-order valence-corrected chi connectivity index (χ2v) is 5.89. The lowest BCUT2D eigenvalue weighted by molar-refractivity contribution is 0.583. The monoisotopic (exact) mass is 319 g/mol. The summed E-state index contributed by atoms with van der Waals surface area (Å²) >= 11 is 3.27. The molecule has 3 rings (SSSR count). The highest BCUT2D eigenvalue weighted by Gasteiger charge is 2.37. The van der Waals surface area contributed by atoms with Crippen LogP contribution in [0.3, 0.4) is 0 Å². The van der Waals surface area contributed by atoms with Gasteiger partial charge in [0.1, 0.15) is 5.82 Å². The molecule has 1 aliphatic carbocycles. The summed E-state index contributed by atoms with van der Waals surface area (Å²) in [5, 5.41) is 3.43. The first-order chi connectivity index (χ1) is 9.24. The summed E-state index contributed by atoms with van der Waals surface area (Å²) in [4.78, 5) is 0. The molecule has 3 heteroatoms. The molecular weight excluding hydrogens is 305 g/mol. The molecule has 0 aliphatic heterocycles. The average Bonchev–Trinajstić information content (AvgIpc) is 3.18. The van der Waals surface area contributed by atoms with Crippen LogP contribution in [0.5, 0.6) is 0 Å². The smallest absolute Gasteiger partial charge is 0.128 e. The molecule has 0 aromatic heterocycles. The summed E-state index contributed by atoms with van der Waals surface area (Å²) in [6, 6.07) is 16.2. The maximum atomic E-state index is 13.7. The van der Waals surface area contributed by atoms with Crippen LogP contribution in [0.4, 0.5) is 4.39 Å². The van der Waals surface area contributed by atoms with E-state index in [0.717, 1.165) is 16.5 Å². The topological polar surface area (TPSA) is 12.0 Å². The van der Waals surface area contributed by atoms with Crippen LogP contribution in [-0.2, 0) is 6.54 Å². The Kier molecular flexibility index (Phi) is 3.67. The van der Waals surface area contributed by atoms with Crippen molar-refractivity contribution in [3.8, 4) is 0 Å². The van der Waals surface area contributed by atoms with Crippen molar-refractivity contribution < 1.29 is 4.39 Å². The van der Waals surface area contributed by atoms with E-state index in [1.165, 1.54) is 11.6 Å². The fourth-order valence-corrected chi connectivity index (χ4v) is 2.73. The molecule has 0 heterocycles. The van der Waals surface area contributed by atoms with Crippen LogP contribution < -0.4 is 5.32 Å². The van der Waals surface area contributed by atoms with Crippen LogP contribution in [0.2, 0.25) is 0 Å². The first-order valence-corrected chi connectivity index (χ1v) is 7.25. The predicted octanol–water partition coefficient (Wildman–Crippen LogP) is 4.23. The van der Waals surface area contributed by atoms with Crippen molar-refractivity contribution in [3.63, 3.8) is 0 Å². The van der Waals surface area contributed by atoms with Gasteiger partial charge in [-0.05, 0) is 24.1 Å². The summed E-state index contributed by atoms with van der Waals surface area (Å²) in [6.07, 6.45) is 1.14. The molecule has 0 spiro atoms. The Morgan fingerprint density at radius 1 is 1.16 bits per heavy atom. The number of rotatable bonds is 4. The van der Waals surface area contributed by atoms with Crippen molar-refractivity contribution in [1.29, 1.82) is 0 Å². The molecule has 2 aromatic carbocycles. The van der Waals surface area contributed by atoms with Crippen molar-refractivity contribution in [2.75, 3.05) is 0 Å². The second kappa shape index (κ2) is 5.43. The van der Waals surface area contributed by atoms with Crippen molar-refractivity contribution >= 4 is 15.9 Å². The molecular formula is C16H15BrFN. The Morgan fingerprint density at radius 3 is 2.68 bits per heavy atom. The maximum absolute atomic E-state index is 13.7. The van der Waals surface area contributed by atoms with E-state index in [1.54, 1.807) is 0 Å². The highest BCUT2D eigenvalue weighted by Crippen LogP contribution is 2.40. The SMILES string of the molecule is Fc1cc(Br)ccc1CNC1CC1c1ccccc1. The lowest BCUT2D eigenvalue weighted by atomic mass is 10.1. The molecule has 0 bridgehead atoms. The molecule has 0 saturated heterocycles. The van der Waals surface area contributed by atoms with E-state index in [4.69, 9.17) is 0 Å². The van der Waals surface area contributed by atoms with Gasteiger partial charge in [-0.1, -0.05) is 52.3 Å². The molecule has 98 valence electrons. The van der Waals surface area contributed by atoms with E-state index >= 15 is 0 Å². The number of benzene rings is 2. The minimum atomic E-state index is -0.154. The lowest BCUT2D eigenvalue weighted by Gasteiger charge is -2.06. The number of nitrogens with one attached hydrogen (secondary N) is 1. The van der Waals surface area contributed by atoms with Crippen molar-refractivity contribution in [2.45, 2.75) is 24.9 Å². The van der Waals surface area contributed by atoms with E-state index in [-0.39, 0.29) is 5.82 Å². The second-order valence-electron chi connectivity index (χ2n) is 4.98. The van der Waals surface area contributed by atoms with E-state index in [2.05, 4.69) is 45.5 Å². The van der Waals surface area contributed by atoms with Gasteiger partial charge < -0.3 is 5.32 Å². The molecule has 1 N–H and O–H groups in total. The average molecular weight is 320 g/mol. The van der Waals surface area contributed by atoms with Gasteiger partial charge in [0.05, 0.1) is 0 Å². The van der Waals surface area contributed by atoms with Gasteiger partial charge in [-0.3, -0.25) is 0 Å². The van der Waals surface area contributed by atoms with Crippen LogP contribution in [0.15, 0.2) is 53.0 Å². The van der Waals surface area contributed by atoms with Crippen LogP contribution in [0, 0.1) is 5.82 Å². The molecule has 1 aliphatic rings. The first-order valence-electron chi connectivity index (χ1n) is 6.46. The molecule has 19 heavy (non-hydrogen) atoms. The largest absolute Gasteiger partial charge is 0.309 e. The Balaban J connectivity index is 1.57. The Bertz CT molecular complexity index is 570. The van der Waals surface area contributed by atoms with Crippen molar-refractivity contribution in [2.24, 2.45) is 0 Å². The van der Waals surface area contributed by atoms with Gasteiger partial charge in [0.25, 0.3) is 0 Å². The molecule has 0 amide bonds. The van der Waals surface area contributed by atoms with E-state index in [1.807, 2.05) is 18.2 Å². The van der Waals surface area contributed by atoms with Crippen molar-refractivity contribution in [1.82, 2.24) is 5.32 Å². The van der Waals surface area contributed by atoms with Gasteiger partial charge in [0.2, 0.25) is 0 Å². The Labute approximate surface area is 121 Å². The minimum absolute atomic E-state index is 0.154. The fourth-order valence-electron chi connectivity index (χ4n) is 2.40. The third-order valence-electron chi connectivity index (χ3n) is 3.59. The van der Waals surface area contributed by atoms with Gasteiger partial charge in [0.15, 0.2) is 0 Å². The first kappa shape index (κ1) is 12.8. The highest BCUT2D eigenvalue weighted by atomic mass is 79.9. The lowest BCUT2D eigenvalue weighted by Crippen LogP contribution is -2.18. The summed E-state index contributed by atoms with van der Waals surface area (Å²) in [7, 11) is 0. The molecule has 2 unspecified atom stereocenters. The zero-order valence-electron chi connectivity index (χ0n) is 10.4. The molecule has 2 aromatic rings. The third kappa shape index (κ3) is 3.04. The highest BCUT2D eigenvalue weighted by molar-refractivity contribution is 9.10. The van der Waals surface area contributed by atoms with E-state index < -0.39 is 0 Å². The molecule has 0 radical (unpaired) electrons.